The molecule has 2 aromatic rings. The summed E-state index contributed by atoms with van der Waals surface area (Å²) in [6, 6.07) is 10.2. The van der Waals surface area contributed by atoms with Crippen LogP contribution in [0.2, 0.25) is 0 Å². The molecule has 0 saturated heterocycles. The fourth-order valence-electron chi connectivity index (χ4n) is 2.83. The number of ketones is 1. The second-order valence-electron chi connectivity index (χ2n) is 5.32. The molecule has 0 bridgehead atoms. The molecule has 1 aliphatic rings. The van der Waals surface area contributed by atoms with Crippen molar-refractivity contribution in [3.05, 3.63) is 53.2 Å². The van der Waals surface area contributed by atoms with Crippen LogP contribution in [0.15, 0.2) is 36.5 Å². The van der Waals surface area contributed by atoms with Gasteiger partial charge in [0.1, 0.15) is 5.82 Å². The van der Waals surface area contributed by atoms with Crippen LogP contribution in [0.1, 0.15) is 34.8 Å². The Hall–Kier alpha value is -2.16. The number of fused-ring (bicyclic) bond motifs is 1. The molecule has 1 aromatic carbocycles. The highest BCUT2D eigenvalue weighted by molar-refractivity contribution is 5.99. The van der Waals surface area contributed by atoms with Crippen molar-refractivity contribution in [3.8, 4) is 0 Å². The molecule has 0 aliphatic carbocycles. The smallest absolute Gasteiger partial charge is 0.163 e. The normalized spacial score (nSPS) is 14.0. The van der Waals surface area contributed by atoms with E-state index in [0.29, 0.717) is 5.56 Å². The molecule has 1 aliphatic heterocycles. The minimum absolute atomic E-state index is 0.0623. The van der Waals surface area contributed by atoms with Crippen LogP contribution in [0.5, 0.6) is 0 Å². The van der Waals surface area contributed by atoms with Crippen LogP contribution in [-0.2, 0) is 6.42 Å². The summed E-state index contributed by atoms with van der Waals surface area (Å²) in [6.45, 7) is 4.62. The molecule has 1 aromatic heterocycles. The van der Waals surface area contributed by atoms with Gasteiger partial charge in [0.05, 0.1) is 5.56 Å². The molecule has 0 saturated carbocycles. The van der Waals surface area contributed by atoms with E-state index in [1.165, 1.54) is 16.8 Å². The molecule has 0 atom stereocenters. The number of aryl methyl sites for hydroxylation is 2. The predicted octanol–water partition coefficient (Wildman–Crippen LogP) is 3.68. The number of nitrogens with zero attached hydrogens (tertiary/aromatic N) is 2. The lowest BCUT2D eigenvalue weighted by atomic mass is 9.99. The molecular formula is C17H18N2O. The quantitative estimate of drug-likeness (QED) is 0.777. The van der Waals surface area contributed by atoms with Gasteiger partial charge in [-0.25, -0.2) is 4.98 Å². The van der Waals surface area contributed by atoms with Crippen LogP contribution >= 0.6 is 0 Å². The number of anilines is 2. The zero-order valence-electron chi connectivity index (χ0n) is 11.9. The minimum Gasteiger partial charge on any atom is -0.326 e. The first kappa shape index (κ1) is 12.9. The van der Waals surface area contributed by atoms with E-state index in [0.717, 1.165) is 25.2 Å². The largest absolute Gasteiger partial charge is 0.326 e. The summed E-state index contributed by atoms with van der Waals surface area (Å²) in [7, 11) is 0. The maximum atomic E-state index is 11.8. The van der Waals surface area contributed by atoms with Gasteiger partial charge in [0, 0.05) is 18.4 Å². The third-order valence-electron chi connectivity index (χ3n) is 3.78. The lowest BCUT2D eigenvalue weighted by Crippen LogP contribution is -2.27. The van der Waals surface area contributed by atoms with Crippen molar-refractivity contribution in [1.82, 2.24) is 4.98 Å². The van der Waals surface area contributed by atoms with E-state index >= 15 is 0 Å². The third-order valence-corrected chi connectivity index (χ3v) is 3.78. The topological polar surface area (TPSA) is 33.2 Å². The number of carbonyl (C=O) groups is 1. The Labute approximate surface area is 119 Å². The summed E-state index contributed by atoms with van der Waals surface area (Å²) in [4.78, 5) is 18.4. The number of aromatic nitrogens is 1. The van der Waals surface area contributed by atoms with Crippen LogP contribution in [0.3, 0.4) is 0 Å². The highest BCUT2D eigenvalue weighted by Crippen LogP contribution is 2.34. The van der Waals surface area contributed by atoms with Crippen molar-refractivity contribution in [3.63, 3.8) is 0 Å². The average molecular weight is 266 g/mol. The zero-order chi connectivity index (χ0) is 14.1. The number of pyridine rings is 1. The van der Waals surface area contributed by atoms with Crippen molar-refractivity contribution in [2.24, 2.45) is 0 Å². The molecule has 3 rings (SSSR count). The van der Waals surface area contributed by atoms with Crippen LogP contribution in [0.4, 0.5) is 11.5 Å². The number of benzene rings is 1. The molecule has 2 heterocycles. The van der Waals surface area contributed by atoms with E-state index in [1.807, 2.05) is 12.1 Å². The van der Waals surface area contributed by atoms with Crippen molar-refractivity contribution >= 4 is 17.3 Å². The van der Waals surface area contributed by atoms with Gasteiger partial charge in [-0.15, -0.1) is 0 Å². The summed E-state index contributed by atoms with van der Waals surface area (Å²) >= 11 is 0. The molecule has 0 spiro atoms. The molecule has 3 nitrogen and oxygen atoms in total. The summed E-state index contributed by atoms with van der Waals surface area (Å²) in [5.74, 6) is 0.845. The Morgan fingerprint density at radius 3 is 2.95 bits per heavy atom. The SMILES string of the molecule is CC(=O)c1cccnc1N1CCCc2cc(C)ccc21. The van der Waals surface area contributed by atoms with E-state index in [2.05, 4.69) is 35.0 Å². The Kier molecular flexibility index (Phi) is 3.26. The molecule has 3 heteroatoms. The minimum atomic E-state index is 0.0623. The fourth-order valence-corrected chi connectivity index (χ4v) is 2.83. The Morgan fingerprint density at radius 1 is 1.30 bits per heavy atom. The number of Topliss-reactive ketones (excluding diaryl/α,β-unsaturated/α-hetero) is 1. The first-order chi connectivity index (χ1) is 9.66. The monoisotopic (exact) mass is 266 g/mol. The van der Waals surface area contributed by atoms with Gasteiger partial charge in [0.25, 0.3) is 0 Å². The second-order valence-corrected chi connectivity index (χ2v) is 5.32. The van der Waals surface area contributed by atoms with Crippen molar-refractivity contribution in [2.75, 3.05) is 11.4 Å². The predicted molar refractivity (Wildman–Crippen MR) is 80.7 cm³/mol. The van der Waals surface area contributed by atoms with Gasteiger partial charge in [-0.1, -0.05) is 17.7 Å². The van der Waals surface area contributed by atoms with Crippen molar-refractivity contribution in [2.45, 2.75) is 26.7 Å². The van der Waals surface area contributed by atoms with Crippen LogP contribution < -0.4 is 4.90 Å². The van der Waals surface area contributed by atoms with E-state index in [-0.39, 0.29) is 5.78 Å². The number of hydrogen-bond acceptors (Lipinski definition) is 3. The fraction of sp³-hybridized carbons (Fsp3) is 0.294. The summed E-state index contributed by atoms with van der Waals surface area (Å²) in [5.41, 5.74) is 4.50. The lowest BCUT2D eigenvalue weighted by molar-refractivity contribution is 0.101. The van der Waals surface area contributed by atoms with Gasteiger partial charge in [-0.3, -0.25) is 4.79 Å². The highest BCUT2D eigenvalue weighted by Gasteiger charge is 2.22. The highest BCUT2D eigenvalue weighted by atomic mass is 16.1. The molecule has 0 N–H and O–H groups in total. The van der Waals surface area contributed by atoms with Gasteiger partial charge in [0.15, 0.2) is 5.78 Å². The van der Waals surface area contributed by atoms with Crippen LogP contribution in [-0.4, -0.2) is 17.3 Å². The van der Waals surface area contributed by atoms with Gasteiger partial charge < -0.3 is 4.90 Å². The van der Waals surface area contributed by atoms with Gasteiger partial charge >= 0.3 is 0 Å². The molecule has 0 fully saturated rings. The Balaban J connectivity index is 2.12. The first-order valence-corrected chi connectivity index (χ1v) is 7.00. The standard InChI is InChI=1S/C17H18N2O/c1-12-7-8-16-14(11-12)5-4-10-19(16)17-15(13(2)20)6-3-9-18-17/h3,6-9,11H,4-5,10H2,1-2H3. The van der Waals surface area contributed by atoms with Gasteiger partial charge in [-0.2, -0.15) is 0 Å². The summed E-state index contributed by atoms with van der Waals surface area (Å²) in [5, 5.41) is 0. The maximum absolute atomic E-state index is 11.8. The molecule has 0 radical (unpaired) electrons. The zero-order valence-corrected chi connectivity index (χ0v) is 11.9. The van der Waals surface area contributed by atoms with Gasteiger partial charge in [0.2, 0.25) is 0 Å². The Bertz CT molecular complexity index is 664. The second kappa shape index (κ2) is 5.08. The number of carbonyl (C=O) groups excluding carboxylic acids is 1. The van der Waals surface area contributed by atoms with E-state index < -0.39 is 0 Å². The molecule has 102 valence electrons. The van der Waals surface area contributed by atoms with E-state index in [9.17, 15) is 4.79 Å². The van der Waals surface area contributed by atoms with Crippen molar-refractivity contribution < 1.29 is 4.79 Å². The van der Waals surface area contributed by atoms with E-state index in [4.69, 9.17) is 0 Å². The van der Waals surface area contributed by atoms with Crippen LogP contribution in [0.25, 0.3) is 0 Å². The molecule has 0 unspecified atom stereocenters. The van der Waals surface area contributed by atoms with Crippen LogP contribution in [0, 0.1) is 6.92 Å². The number of rotatable bonds is 2. The first-order valence-electron chi connectivity index (χ1n) is 7.00. The molecule has 20 heavy (non-hydrogen) atoms. The summed E-state index contributed by atoms with van der Waals surface area (Å²) in [6.07, 6.45) is 3.93. The maximum Gasteiger partial charge on any atom is 0.163 e. The average Bonchev–Trinajstić information content (AvgIpc) is 2.46. The lowest BCUT2D eigenvalue weighted by Gasteiger charge is -2.31. The third kappa shape index (κ3) is 2.20. The van der Waals surface area contributed by atoms with E-state index in [1.54, 1.807) is 13.1 Å². The van der Waals surface area contributed by atoms with Crippen molar-refractivity contribution in [1.29, 1.82) is 0 Å². The molecular weight excluding hydrogens is 248 g/mol. The molecule has 0 amide bonds. The number of hydrogen-bond donors (Lipinski definition) is 0. The van der Waals surface area contributed by atoms with Gasteiger partial charge in [-0.05, 0) is 50.5 Å². The summed E-state index contributed by atoms with van der Waals surface area (Å²) < 4.78 is 0. The Morgan fingerprint density at radius 2 is 2.15 bits per heavy atom.